The van der Waals surface area contributed by atoms with E-state index in [9.17, 15) is 5.11 Å². The number of allylic oxidation sites excluding steroid dienone is 1. The van der Waals surface area contributed by atoms with Gasteiger partial charge in [-0.3, -0.25) is 0 Å². The topological polar surface area (TPSA) is 50.7 Å². The lowest BCUT2D eigenvalue weighted by Gasteiger charge is -2.35. The molecule has 0 saturated heterocycles. The second kappa shape index (κ2) is 8.59. The molecule has 0 atom stereocenters. The van der Waals surface area contributed by atoms with E-state index in [4.69, 9.17) is 9.47 Å². The quantitative estimate of drug-likeness (QED) is 0.306. The van der Waals surface area contributed by atoms with Gasteiger partial charge in [0.05, 0.1) is 18.2 Å². The van der Waals surface area contributed by atoms with Crippen LogP contribution in [0, 0.1) is 0 Å². The highest BCUT2D eigenvalue weighted by Gasteiger charge is 2.33. The molecule has 4 heteroatoms. The first-order valence-corrected chi connectivity index (χ1v) is 12.5. The molecule has 4 aromatic rings. The van der Waals surface area contributed by atoms with E-state index in [-0.39, 0.29) is 11.3 Å². The van der Waals surface area contributed by atoms with Crippen molar-refractivity contribution in [3.63, 3.8) is 0 Å². The molecule has 2 heterocycles. The van der Waals surface area contributed by atoms with E-state index in [2.05, 4.69) is 98.9 Å². The summed E-state index contributed by atoms with van der Waals surface area (Å²) >= 11 is 0. The average molecular weight is 488 g/mol. The van der Waals surface area contributed by atoms with Gasteiger partial charge in [0.1, 0.15) is 11.5 Å². The van der Waals surface area contributed by atoms with Gasteiger partial charge >= 0.3 is 0 Å². The zero-order valence-corrected chi connectivity index (χ0v) is 21.4. The molecule has 4 nitrogen and oxygen atoms in total. The summed E-state index contributed by atoms with van der Waals surface area (Å²) in [7, 11) is 1.57. The van der Waals surface area contributed by atoms with Gasteiger partial charge in [-0.2, -0.15) is 0 Å². The van der Waals surface area contributed by atoms with Gasteiger partial charge in [-0.25, -0.2) is 0 Å². The van der Waals surface area contributed by atoms with Crippen LogP contribution >= 0.6 is 0 Å². The third-order valence-electron chi connectivity index (χ3n) is 6.99. The van der Waals surface area contributed by atoms with Crippen LogP contribution in [-0.2, 0) is 0 Å². The van der Waals surface area contributed by atoms with Crippen LogP contribution in [0.25, 0.3) is 39.7 Å². The van der Waals surface area contributed by atoms with Gasteiger partial charge in [-0.1, -0.05) is 66.7 Å². The first-order valence-electron chi connectivity index (χ1n) is 12.5. The van der Waals surface area contributed by atoms with Crippen molar-refractivity contribution in [2.24, 2.45) is 0 Å². The largest absolute Gasteiger partial charge is 0.504 e. The molecule has 0 spiro atoms. The lowest BCUT2D eigenvalue weighted by Crippen LogP contribution is -2.32. The predicted molar refractivity (Wildman–Crippen MR) is 152 cm³/mol. The molecule has 37 heavy (non-hydrogen) atoms. The number of phenolic OH excluding ortho intramolecular Hbond substituents is 1. The highest BCUT2D eigenvalue weighted by Crippen LogP contribution is 2.54. The van der Waals surface area contributed by atoms with Gasteiger partial charge in [-0.05, 0) is 67.3 Å². The van der Waals surface area contributed by atoms with Crippen LogP contribution in [0.5, 0.6) is 17.2 Å². The number of methoxy groups -OCH3 is 1. The van der Waals surface area contributed by atoms with Crippen molar-refractivity contribution >= 4 is 23.1 Å². The van der Waals surface area contributed by atoms with Crippen LogP contribution in [0.3, 0.4) is 0 Å². The Morgan fingerprint density at radius 3 is 2.30 bits per heavy atom. The third kappa shape index (κ3) is 3.95. The predicted octanol–water partition coefficient (Wildman–Crippen LogP) is 8.23. The Morgan fingerprint density at radius 1 is 0.838 bits per heavy atom. The van der Waals surface area contributed by atoms with Crippen molar-refractivity contribution in [3.8, 4) is 39.5 Å². The number of ether oxygens (including phenoxy) is 2. The number of rotatable bonds is 3. The molecule has 0 radical (unpaired) electrons. The van der Waals surface area contributed by atoms with E-state index >= 15 is 0 Å². The standard InChI is InChI=1S/C33H29NO3/c1-20-19-33(2,3)34-25-15-14-24-30(29(20)25)28(37-27-17-16-26(35)32(36-4)31(24)27)18-21-10-12-23(13-11-21)22-8-6-5-7-9-22/h5-19,34-35H,1-4H3/b28-18-. The Labute approximate surface area is 217 Å². The number of aromatic hydroxyl groups is 1. The number of hydrogen-bond donors (Lipinski definition) is 2. The van der Waals surface area contributed by atoms with Crippen molar-refractivity contribution in [2.75, 3.05) is 12.4 Å². The Balaban J connectivity index is 1.55. The number of fused-ring (bicyclic) bond motifs is 5. The zero-order valence-electron chi connectivity index (χ0n) is 21.4. The van der Waals surface area contributed by atoms with Gasteiger partial charge in [0.2, 0.25) is 0 Å². The van der Waals surface area contributed by atoms with Gasteiger partial charge in [-0.15, -0.1) is 0 Å². The number of hydrogen-bond acceptors (Lipinski definition) is 4. The maximum atomic E-state index is 10.6. The van der Waals surface area contributed by atoms with Crippen molar-refractivity contribution in [1.82, 2.24) is 0 Å². The summed E-state index contributed by atoms with van der Waals surface area (Å²) in [4.78, 5) is 0. The van der Waals surface area contributed by atoms with Crippen LogP contribution in [0.2, 0.25) is 0 Å². The molecule has 0 amide bonds. The van der Waals surface area contributed by atoms with Crippen LogP contribution in [-0.4, -0.2) is 17.8 Å². The molecule has 184 valence electrons. The van der Waals surface area contributed by atoms with E-state index in [0.717, 1.165) is 39.3 Å². The normalized spacial score (nSPS) is 16.0. The van der Waals surface area contributed by atoms with E-state index in [1.165, 1.54) is 16.7 Å². The van der Waals surface area contributed by atoms with Gasteiger partial charge in [0, 0.05) is 22.4 Å². The summed E-state index contributed by atoms with van der Waals surface area (Å²) < 4.78 is 12.2. The third-order valence-corrected chi connectivity index (χ3v) is 6.99. The minimum atomic E-state index is -0.161. The lowest BCUT2D eigenvalue weighted by molar-refractivity contribution is 0.371. The molecule has 0 unspecified atom stereocenters. The first kappa shape index (κ1) is 23.0. The second-order valence-electron chi connectivity index (χ2n) is 10.2. The number of nitrogens with one attached hydrogen (secondary N) is 1. The molecule has 0 bridgehead atoms. The Hall–Kier alpha value is -4.44. The maximum absolute atomic E-state index is 10.6. The summed E-state index contributed by atoms with van der Waals surface area (Å²) in [5.74, 6) is 1.91. The van der Waals surface area contributed by atoms with Gasteiger partial charge in [0.15, 0.2) is 11.5 Å². The summed E-state index contributed by atoms with van der Waals surface area (Å²) in [6.45, 7) is 6.47. The summed E-state index contributed by atoms with van der Waals surface area (Å²) in [6, 6.07) is 26.5. The second-order valence-corrected chi connectivity index (χ2v) is 10.2. The van der Waals surface area contributed by atoms with Crippen LogP contribution < -0.4 is 14.8 Å². The summed E-state index contributed by atoms with van der Waals surface area (Å²) in [5, 5.41) is 14.2. The molecule has 0 aromatic heterocycles. The highest BCUT2D eigenvalue weighted by molar-refractivity contribution is 6.02. The van der Waals surface area contributed by atoms with E-state index in [0.29, 0.717) is 11.5 Å². The average Bonchev–Trinajstić information content (AvgIpc) is 2.89. The van der Waals surface area contributed by atoms with Crippen LogP contribution in [0.1, 0.15) is 37.5 Å². The van der Waals surface area contributed by atoms with Crippen molar-refractivity contribution in [1.29, 1.82) is 0 Å². The van der Waals surface area contributed by atoms with Crippen LogP contribution in [0.15, 0.2) is 84.9 Å². The van der Waals surface area contributed by atoms with Crippen molar-refractivity contribution in [3.05, 3.63) is 102 Å². The van der Waals surface area contributed by atoms with E-state index in [1.807, 2.05) is 6.07 Å². The summed E-state index contributed by atoms with van der Waals surface area (Å²) in [6.07, 6.45) is 4.33. The SMILES string of the molecule is COc1c(O)ccc2c1-c1ccc3c(c1/C(=C/c1ccc(-c4ccccc4)cc1)O2)C(C)=CC(C)(C)N3. The molecular formula is C33H29NO3. The molecule has 2 aliphatic rings. The lowest BCUT2D eigenvalue weighted by atomic mass is 9.82. The fourth-order valence-electron chi connectivity index (χ4n) is 5.50. The molecular weight excluding hydrogens is 458 g/mol. The fourth-order valence-corrected chi connectivity index (χ4v) is 5.50. The molecule has 2 N–H and O–H groups in total. The Kier molecular flexibility index (Phi) is 5.34. The smallest absolute Gasteiger partial charge is 0.172 e. The van der Waals surface area contributed by atoms with Crippen LogP contribution in [0.4, 0.5) is 5.69 Å². The van der Waals surface area contributed by atoms with E-state index < -0.39 is 0 Å². The molecule has 4 aromatic carbocycles. The number of benzene rings is 4. The molecule has 2 aliphatic heterocycles. The van der Waals surface area contributed by atoms with E-state index in [1.54, 1.807) is 19.2 Å². The molecule has 0 saturated carbocycles. The van der Waals surface area contributed by atoms with Gasteiger partial charge in [0.25, 0.3) is 0 Å². The fraction of sp³-hybridized carbons (Fsp3) is 0.152. The zero-order chi connectivity index (χ0) is 25.7. The molecule has 0 aliphatic carbocycles. The molecule has 6 rings (SSSR count). The summed E-state index contributed by atoms with van der Waals surface area (Å²) in [5.41, 5.74) is 9.27. The number of anilines is 1. The van der Waals surface area contributed by atoms with Crippen molar-refractivity contribution < 1.29 is 14.6 Å². The Morgan fingerprint density at radius 2 is 1.57 bits per heavy atom. The van der Waals surface area contributed by atoms with Crippen molar-refractivity contribution in [2.45, 2.75) is 26.3 Å². The Bertz CT molecular complexity index is 1580. The first-order chi connectivity index (χ1) is 17.8. The highest BCUT2D eigenvalue weighted by atomic mass is 16.5. The number of phenols is 1. The minimum absolute atomic E-state index is 0.0870. The maximum Gasteiger partial charge on any atom is 0.172 e. The van der Waals surface area contributed by atoms with Gasteiger partial charge < -0.3 is 19.9 Å². The molecule has 0 fully saturated rings. The monoisotopic (exact) mass is 487 g/mol. The minimum Gasteiger partial charge on any atom is -0.504 e.